The van der Waals surface area contributed by atoms with Crippen molar-refractivity contribution in [3.8, 4) is 5.75 Å². The van der Waals surface area contributed by atoms with Crippen molar-refractivity contribution in [2.45, 2.75) is 38.1 Å². The van der Waals surface area contributed by atoms with Crippen LogP contribution < -0.4 is 10.5 Å². The van der Waals surface area contributed by atoms with Crippen molar-refractivity contribution in [2.24, 2.45) is 0 Å². The third-order valence-electron chi connectivity index (χ3n) is 6.59. The molecule has 1 aromatic carbocycles. The number of hydrogen-bond donors (Lipinski definition) is 1. The van der Waals surface area contributed by atoms with Crippen molar-refractivity contribution >= 4 is 28.3 Å². The number of pyridine rings is 1. The Hall–Kier alpha value is -3.96. The van der Waals surface area contributed by atoms with Crippen LogP contribution in [0.25, 0.3) is 16.6 Å². The van der Waals surface area contributed by atoms with Gasteiger partial charge in [0.15, 0.2) is 0 Å². The van der Waals surface area contributed by atoms with Gasteiger partial charge < -0.3 is 15.4 Å². The van der Waals surface area contributed by atoms with Crippen LogP contribution in [0, 0.1) is 12.7 Å². The van der Waals surface area contributed by atoms with E-state index in [9.17, 15) is 22.4 Å². The molecule has 2 atom stereocenters. The van der Waals surface area contributed by atoms with Crippen LogP contribution in [-0.4, -0.2) is 42.8 Å². The highest BCUT2D eigenvalue weighted by molar-refractivity contribution is 5.96. The maximum absolute atomic E-state index is 15.0. The van der Waals surface area contributed by atoms with Gasteiger partial charge in [-0.1, -0.05) is 0 Å². The van der Waals surface area contributed by atoms with E-state index in [1.54, 1.807) is 23.6 Å². The van der Waals surface area contributed by atoms with Crippen LogP contribution >= 0.6 is 0 Å². The van der Waals surface area contributed by atoms with Crippen LogP contribution in [0.1, 0.15) is 46.3 Å². The summed E-state index contributed by atoms with van der Waals surface area (Å²) in [5.41, 5.74) is 6.53. The maximum atomic E-state index is 15.0. The van der Waals surface area contributed by atoms with Crippen molar-refractivity contribution < 1.29 is 27.1 Å². The predicted molar refractivity (Wildman–Crippen MR) is 116 cm³/mol. The zero-order chi connectivity index (χ0) is 24.6. The fourth-order valence-electron chi connectivity index (χ4n) is 5.04. The van der Waals surface area contributed by atoms with Crippen molar-refractivity contribution in [3.63, 3.8) is 0 Å². The molecule has 8 nitrogen and oxygen atoms in total. The average Bonchev–Trinajstić information content (AvgIpc) is 3.39. The lowest BCUT2D eigenvalue weighted by molar-refractivity contribution is -0.137. The van der Waals surface area contributed by atoms with Crippen LogP contribution in [0.15, 0.2) is 30.6 Å². The van der Waals surface area contributed by atoms with Gasteiger partial charge >= 0.3 is 6.18 Å². The predicted octanol–water partition coefficient (Wildman–Crippen LogP) is 4.06. The number of carbonyl (C=O) groups is 1. The van der Waals surface area contributed by atoms with Gasteiger partial charge in [-0.3, -0.25) is 9.20 Å². The number of piperidine rings is 1. The van der Waals surface area contributed by atoms with E-state index in [-0.39, 0.29) is 29.4 Å². The summed E-state index contributed by atoms with van der Waals surface area (Å²) in [6.07, 6.45) is -1.33. The molecule has 12 heteroatoms. The van der Waals surface area contributed by atoms with E-state index in [4.69, 9.17) is 10.5 Å². The second-order valence-corrected chi connectivity index (χ2v) is 8.69. The van der Waals surface area contributed by atoms with E-state index in [1.807, 2.05) is 0 Å². The largest absolute Gasteiger partial charge is 0.487 e. The van der Waals surface area contributed by atoms with Crippen LogP contribution in [0.5, 0.6) is 5.75 Å². The maximum Gasteiger partial charge on any atom is 0.416 e. The smallest absolute Gasteiger partial charge is 0.416 e. The molecule has 5 heterocycles. The number of fused-ring (bicyclic) bond motifs is 6. The van der Waals surface area contributed by atoms with Crippen LogP contribution in [-0.2, 0) is 6.18 Å². The van der Waals surface area contributed by atoms with E-state index in [2.05, 4.69) is 15.0 Å². The first-order chi connectivity index (χ1) is 16.6. The Morgan fingerprint density at radius 3 is 2.74 bits per heavy atom. The molecule has 0 bridgehead atoms. The van der Waals surface area contributed by atoms with Crippen molar-refractivity contribution in [3.05, 3.63) is 59.1 Å². The van der Waals surface area contributed by atoms with Crippen molar-refractivity contribution in [2.75, 3.05) is 12.3 Å². The summed E-state index contributed by atoms with van der Waals surface area (Å²) in [7, 11) is 0. The van der Waals surface area contributed by atoms with E-state index >= 15 is 0 Å². The zero-order valence-electron chi connectivity index (χ0n) is 18.3. The number of nitrogens with zero attached hydrogens (tertiary/aromatic N) is 5. The quantitative estimate of drug-likeness (QED) is 0.408. The molecular weight excluding hydrogens is 468 g/mol. The van der Waals surface area contributed by atoms with Crippen LogP contribution in [0.3, 0.4) is 0 Å². The van der Waals surface area contributed by atoms with Gasteiger partial charge in [0.1, 0.15) is 52.1 Å². The van der Waals surface area contributed by atoms with Gasteiger partial charge in [-0.15, -0.1) is 0 Å². The first-order valence-electron chi connectivity index (χ1n) is 10.9. The number of alkyl halides is 3. The van der Waals surface area contributed by atoms with Crippen LogP contribution in [0.4, 0.5) is 23.4 Å². The fourth-order valence-corrected chi connectivity index (χ4v) is 5.04. The number of benzene rings is 1. The molecular formula is C23H18F4N6O2. The van der Waals surface area contributed by atoms with Crippen LogP contribution in [0.2, 0.25) is 0 Å². The fraction of sp³-hybridized carbons (Fsp3) is 0.304. The molecule has 3 aromatic heterocycles. The molecule has 0 unspecified atom stereocenters. The highest BCUT2D eigenvalue weighted by Gasteiger charge is 2.46. The number of nitrogen functional groups attached to an aromatic ring is 1. The molecule has 6 rings (SSSR count). The Morgan fingerprint density at radius 2 is 1.97 bits per heavy atom. The normalized spacial score (nSPS) is 19.6. The second kappa shape index (κ2) is 7.27. The van der Waals surface area contributed by atoms with E-state index in [0.29, 0.717) is 41.3 Å². The second-order valence-electron chi connectivity index (χ2n) is 8.69. The Morgan fingerprint density at radius 1 is 1.17 bits per heavy atom. The number of imidazole rings is 1. The summed E-state index contributed by atoms with van der Waals surface area (Å²) in [5.74, 6) is -0.813. The third-order valence-corrected chi connectivity index (χ3v) is 6.59. The first kappa shape index (κ1) is 21.6. The number of likely N-dealkylation sites (tertiary alicyclic amines) is 1. The number of carbonyl (C=O) groups excluding carboxylic acids is 1. The molecule has 2 aliphatic rings. The van der Waals surface area contributed by atoms with E-state index in [0.717, 1.165) is 6.07 Å². The SMILES string of the molecule is Cc1ncc2c(N)nc3cnc(C(=O)N4CCC[C@@H]5Oc6cc(C(F)(F)F)cc(F)c6[C@@H]54)cc3n12. The molecule has 35 heavy (non-hydrogen) atoms. The summed E-state index contributed by atoms with van der Waals surface area (Å²) >= 11 is 0. The molecule has 0 radical (unpaired) electrons. The molecule has 0 saturated carbocycles. The number of hydrogen-bond acceptors (Lipinski definition) is 6. The molecule has 1 amide bonds. The minimum Gasteiger partial charge on any atom is -0.487 e. The van der Waals surface area contributed by atoms with Gasteiger partial charge in [0.2, 0.25) is 0 Å². The zero-order valence-corrected chi connectivity index (χ0v) is 18.3. The molecule has 0 aliphatic carbocycles. The number of halogens is 4. The summed E-state index contributed by atoms with van der Waals surface area (Å²) in [5, 5.41) is 0. The van der Waals surface area contributed by atoms with Gasteiger partial charge in [0.05, 0.1) is 29.0 Å². The van der Waals surface area contributed by atoms with E-state index in [1.165, 1.54) is 11.1 Å². The molecule has 0 spiro atoms. The number of anilines is 1. The van der Waals surface area contributed by atoms with Gasteiger partial charge in [-0.2, -0.15) is 13.2 Å². The lowest BCUT2D eigenvalue weighted by Gasteiger charge is -2.36. The Labute approximate surface area is 195 Å². The van der Waals surface area contributed by atoms with Gasteiger partial charge in [0.25, 0.3) is 5.91 Å². The molecule has 180 valence electrons. The first-order valence-corrected chi connectivity index (χ1v) is 10.9. The standard InChI is InChI=1S/C23H18F4N6O2/c1-10-29-9-16-21(28)31-14-8-30-13(7-15(14)33(10)16)22(34)32-4-2-3-17-20(32)19-12(24)5-11(23(25,26)27)6-18(19)35-17/h5-9,17,20H,2-4H2,1H3,(H2,28,31)/t17-,20+/m0/s1. The van der Waals surface area contributed by atoms with Gasteiger partial charge in [-0.25, -0.2) is 19.3 Å². The number of aromatic nitrogens is 4. The van der Waals surface area contributed by atoms with E-state index < -0.39 is 35.6 Å². The molecule has 1 saturated heterocycles. The highest BCUT2D eigenvalue weighted by atomic mass is 19.4. The Bertz CT molecular complexity index is 1530. The highest BCUT2D eigenvalue weighted by Crippen LogP contribution is 2.48. The number of rotatable bonds is 1. The summed E-state index contributed by atoms with van der Waals surface area (Å²) in [6, 6.07) is 1.95. The molecule has 2 N–H and O–H groups in total. The summed E-state index contributed by atoms with van der Waals surface area (Å²) in [4.78, 5) is 27.9. The molecule has 4 aromatic rings. The third kappa shape index (κ3) is 3.19. The number of nitrogens with two attached hydrogens (primary N) is 1. The monoisotopic (exact) mass is 486 g/mol. The number of ether oxygens (including phenoxy) is 1. The lowest BCUT2D eigenvalue weighted by atomic mass is 9.93. The Kier molecular flexibility index (Phi) is 4.48. The molecule has 1 fully saturated rings. The minimum absolute atomic E-state index is 0.0425. The number of aryl methyl sites for hydroxylation is 1. The van der Waals surface area contributed by atoms with Crippen molar-refractivity contribution in [1.29, 1.82) is 0 Å². The summed E-state index contributed by atoms with van der Waals surface area (Å²) < 4.78 is 62.0. The average molecular weight is 486 g/mol. The minimum atomic E-state index is -4.72. The van der Waals surface area contributed by atoms with Gasteiger partial charge in [0, 0.05) is 6.54 Å². The molecule has 2 aliphatic heterocycles. The topological polar surface area (TPSA) is 98.6 Å². The Balaban J connectivity index is 1.43. The summed E-state index contributed by atoms with van der Waals surface area (Å²) in [6.45, 7) is 2.07. The lowest BCUT2D eigenvalue weighted by Crippen LogP contribution is -2.45. The van der Waals surface area contributed by atoms with Gasteiger partial charge in [-0.05, 0) is 38.0 Å². The number of amides is 1. The van der Waals surface area contributed by atoms with Crippen molar-refractivity contribution in [1.82, 2.24) is 24.3 Å².